The van der Waals surface area contributed by atoms with E-state index < -0.39 is 0 Å². The number of hydrogen-bond donors (Lipinski definition) is 3. The van der Waals surface area contributed by atoms with Crippen molar-refractivity contribution in [1.29, 1.82) is 0 Å². The van der Waals surface area contributed by atoms with Crippen LogP contribution in [0.1, 0.15) is 46.0 Å². The zero-order valence-electron chi connectivity index (χ0n) is 11.2. The van der Waals surface area contributed by atoms with Gasteiger partial charge in [-0.25, -0.2) is 0 Å². The number of rotatable bonds is 10. The average Bonchev–Trinajstić information content (AvgIpc) is 2.35. The first-order valence-corrected chi connectivity index (χ1v) is 6.61. The van der Waals surface area contributed by atoms with Crippen molar-refractivity contribution >= 4 is 5.78 Å². The van der Waals surface area contributed by atoms with E-state index in [9.17, 15) is 4.79 Å². The van der Waals surface area contributed by atoms with Crippen molar-refractivity contribution in [2.45, 2.75) is 46.0 Å². The predicted octanol–water partition coefficient (Wildman–Crippen LogP) is 1.06. The summed E-state index contributed by atoms with van der Waals surface area (Å²) < 4.78 is 0. The van der Waals surface area contributed by atoms with Crippen LogP contribution in [0.3, 0.4) is 0 Å². The van der Waals surface area contributed by atoms with Crippen LogP contribution in [0.15, 0.2) is 0 Å². The molecule has 4 heteroatoms. The van der Waals surface area contributed by atoms with Crippen molar-refractivity contribution in [2.75, 3.05) is 19.7 Å². The molecule has 0 radical (unpaired) electrons. The second kappa shape index (κ2) is 8.61. The zero-order chi connectivity index (χ0) is 13.3. The lowest BCUT2D eigenvalue weighted by Crippen LogP contribution is -2.40. The molecule has 0 bridgehead atoms. The van der Waals surface area contributed by atoms with Crippen LogP contribution in [0.25, 0.3) is 0 Å². The van der Waals surface area contributed by atoms with Crippen LogP contribution in [0, 0.1) is 11.3 Å². The van der Waals surface area contributed by atoms with Gasteiger partial charge in [-0.05, 0) is 19.3 Å². The molecule has 0 aromatic rings. The fraction of sp³-hybridized carbons (Fsp3) is 0.923. The Morgan fingerprint density at radius 2 is 1.82 bits per heavy atom. The van der Waals surface area contributed by atoms with Crippen molar-refractivity contribution in [3.63, 3.8) is 0 Å². The lowest BCUT2D eigenvalue weighted by Gasteiger charge is -2.30. The summed E-state index contributed by atoms with van der Waals surface area (Å²) in [5.41, 5.74) is 10.8. The molecule has 0 saturated heterocycles. The van der Waals surface area contributed by atoms with E-state index in [1.807, 2.05) is 13.8 Å². The number of aliphatic hydroxyl groups is 1. The number of nitrogens with two attached hydrogens (primary N) is 2. The molecule has 0 heterocycles. The Morgan fingerprint density at radius 3 is 2.24 bits per heavy atom. The molecule has 0 aliphatic heterocycles. The summed E-state index contributed by atoms with van der Waals surface area (Å²) in [6, 6.07) is 0. The lowest BCUT2D eigenvalue weighted by atomic mass is 9.74. The third kappa shape index (κ3) is 5.15. The number of ketones is 1. The van der Waals surface area contributed by atoms with E-state index in [0.29, 0.717) is 13.1 Å². The maximum absolute atomic E-state index is 12.3. The first kappa shape index (κ1) is 16.6. The van der Waals surface area contributed by atoms with Gasteiger partial charge in [0.25, 0.3) is 0 Å². The topological polar surface area (TPSA) is 89.3 Å². The summed E-state index contributed by atoms with van der Waals surface area (Å²) in [5.74, 6) is -0.00760. The molecule has 0 rings (SSSR count). The van der Waals surface area contributed by atoms with Crippen LogP contribution in [0.4, 0.5) is 0 Å². The molecule has 0 spiro atoms. The molecule has 0 aliphatic rings. The molecule has 1 atom stereocenters. The molecule has 5 N–H and O–H groups in total. The summed E-state index contributed by atoms with van der Waals surface area (Å²) in [7, 11) is 0. The molecule has 0 aromatic heterocycles. The molecular weight excluding hydrogens is 216 g/mol. The Kier molecular flexibility index (Phi) is 8.39. The largest absolute Gasteiger partial charge is 0.396 e. The number of hydrogen-bond acceptors (Lipinski definition) is 4. The van der Waals surface area contributed by atoms with Gasteiger partial charge < -0.3 is 16.6 Å². The SMILES string of the molecule is CCC(C)(CCCCCO)C(=O)C(CN)CN. The molecule has 102 valence electrons. The van der Waals surface area contributed by atoms with Gasteiger partial charge in [-0.1, -0.05) is 26.7 Å². The fourth-order valence-corrected chi connectivity index (χ4v) is 2.08. The predicted molar refractivity (Wildman–Crippen MR) is 70.6 cm³/mol. The molecule has 1 unspecified atom stereocenters. The quantitative estimate of drug-likeness (QED) is 0.501. The number of aliphatic hydroxyl groups excluding tert-OH is 1. The summed E-state index contributed by atoms with van der Waals surface area (Å²) in [6.07, 6.45) is 4.43. The van der Waals surface area contributed by atoms with Crippen LogP contribution in [-0.2, 0) is 4.79 Å². The highest BCUT2D eigenvalue weighted by Crippen LogP contribution is 2.32. The zero-order valence-corrected chi connectivity index (χ0v) is 11.2. The molecule has 0 saturated carbocycles. The highest BCUT2D eigenvalue weighted by molar-refractivity contribution is 5.87. The maximum Gasteiger partial charge on any atom is 0.144 e. The summed E-state index contributed by atoms with van der Waals surface area (Å²) >= 11 is 0. The highest BCUT2D eigenvalue weighted by Gasteiger charge is 2.34. The molecule has 17 heavy (non-hydrogen) atoms. The van der Waals surface area contributed by atoms with E-state index in [0.717, 1.165) is 32.1 Å². The smallest absolute Gasteiger partial charge is 0.144 e. The first-order chi connectivity index (χ1) is 8.05. The molecule has 0 fully saturated rings. The van der Waals surface area contributed by atoms with Crippen molar-refractivity contribution in [3.8, 4) is 0 Å². The van der Waals surface area contributed by atoms with Crippen molar-refractivity contribution < 1.29 is 9.90 Å². The van der Waals surface area contributed by atoms with E-state index in [1.165, 1.54) is 0 Å². The van der Waals surface area contributed by atoms with E-state index in [4.69, 9.17) is 16.6 Å². The van der Waals surface area contributed by atoms with Gasteiger partial charge in [0.2, 0.25) is 0 Å². The van der Waals surface area contributed by atoms with Gasteiger partial charge in [-0.3, -0.25) is 4.79 Å². The molecule has 0 aromatic carbocycles. The highest BCUT2D eigenvalue weighted by atomic mass is 16.2. The number of unbranched alkanes of at least 4 members (excludes halogenated alkanes) is 2. The molecule has 0 aliphatic carbocycles. The fourth-order valence-electron chi connectivity index (χ4n) is 2.08. The van der Waals surface area contributed by atoms with E-state index in [-0.39, 0.29) is 23.7 Å². The number of carbonyl (C=O) groups is 1. The summed E-state index contributed by atoms with van der Waals surface area (Å²) in [4.78, 5) is 12.3. The Bertz CT molecular complexity index is 217. The van der Waals surface area contributed by atoms with E-state index in [1.54, 1.807) is 0 Å². The van der Waals surface area contributed by atoms with Crippen LogP contribution < -0.4 is 11.5 Å². The summed E-state index contributed by atoms with van der Waals surface area (Å²) in [5, 5.41) is 8.73. The van der Waals surface area contributed by atoms with Crippen LogP contribution in [-0.4, -0.2) is 30.6 Å². The number of carbonyl (C=O) groups excluding carboxylic acids is 1. The molecule has 0 amide bonds. The van der Waals surface area contributed by atoms with Gasteiger partial charge in [0.15, 0.2) is 0 Å². The Hall–Kier alpha value is -0.450. The van der Waals surface area contributed by atoms with Crippen LogP contribution in [0.2, 0.25) is 0 Å². The normalized spacial score (nSPS) is 14.9. The first-order valence-electron chi connectivity index (χ1n) is 6.61. The Balaban J connectivity index is 4.37. The van der Waals surface area contributed by atoms with E-state index in [2.05, 4.69) is 0 Å². The summed E-state index contributed by atoms with van der Waals surface area (Å²) in [6.45, 7) is 4.94. The van der Waals surface area contributed by atoms with Gasteiger partial charge in [0.1, 0.15) is 5.78 Å². The second-order valence-electron chi connectivity index (χ2n) is 4.98. The van der Waals surface area contributed by atoms with Crippen LogP contribution >= 0.6 is 0 Å². The van der Waals surface area contributed by atoms with Gasteiger partial charge in [0, 0.05) is 31.0 Å². The van der Waals surface area contributed by atoms with Crippen molar-refractivity contribution in [2.24, 2.45) is 22.8 Å². The van der Waals surface area contributed by atoms with Crippen molar-refractivity contribution in [3.05, 3.63) is 0 Å². The van der Waals surface area contributed by atoms with Crippen LogP contribution in [0.5, 0.6) is 0 Å². The van der Waals surface area contributed by atoms with E-state index >= 15 is 0 Å². The third-order valence-electron chi connectivity index (χ3n) is 3.70. The average molecular weight is 244 g/mol. The third-order valence-corrected chi connectivity index (χ3v) is 3.70. The Morgan fingerprint density at radius 1 is 1.24 bits per heavy atom. The minimum Gasteiger partial charge on any atom is -0.396 e. The standard InChI is InChI=1S/C13H28N2O2/c1-3-13(2,7-5-4-6-8-16)12(17)11(9-14)10-15/h11,16H,3-10,14-15H2,1-2H3. The van der Waals surface area contributed by atoms with Gasteiger partial charge in [-0.15, -0.1) is 0 Å². The second-order valence-corrected chi connectivity index (χ2v) is 4.98. The van der Waals surface area contributed by atoms with Gasteiger partial charge in [0.05, 0.1) is 0 Å². The number of Topliss-reactive ketones (excluding diaryl/α,β-unsaturated/α-hetero) is 1. The van der Waals surface area contributed by atoms with Crippen molar-refractivity contribution in [1.82, 2.24) is 0 Å². The molecule has 4 nitrogen and oxygen atoms in total. The Labute approximate surface area is 105 Å². The minimum absolute atomic E-state index is 0.203. The molecular formula is C13H28N2O2. The van der Waals surface area contributed by atoms with Gasteiger partial charge >= 0.3 is 0 Å². The van der Waals surface area contributed by atoms with Gasteiger partial charge in [-0.2, -0.15) is 0 Å². The lowest BCUT2D eigenvalue weighted by molar-refractivity contribution is -0.132. The monoisotopic (exact) mass is 244 g/mol. The minimum atomic E-state index is -0.307. The maximum atomic E-state index is 12.3.